The van der Waals surface area contributed by atoms with E-state index in [4.69, 9.17) is 9.47 Å². The predicted molar refractivity (Wildman–Crippen MR) is 104 cm³/mol. The molecule has 2 aromatic carbocycles. The number of carbonyl (C=O) groups is 1. The van der Waals surface area contributed by atoms with Gasteiger partial charge in [-0.15, -0.1) is 0 Å². The van der Waals surface area contributed by atoms with Crippen molar-refractivity contribution in [2.75, 3.05) is 12.4 Å². The molecule has 0 saturated carbocycles. The molecule has 1 atom stereocenters. The standard InChI is InChI=1S/C20H25N3O3/c1-5-15(3)26-18-11-10-16(12-19(18)25-4)13-21-23-20(24)22-17-9-7-6-8-14(17)2/h6-13,15H,5H2,1-4H3,(H2,22,23,24). The number of ether oxygens (including phenoxy) is 2. The molecule has 1 unspecified atom stereocenters. The molecule has 6 nitrogen and oxygen atoms in total. The molecule has 2 aromatic rings. The van der Waals surface area contributed by atoms with Gasteiger partial charge in [-0.3, -0.25) is 0 Å². The molecule has 138 valence electrons. The smallest absolute Gasteiger partial charge is 0.339 e. The number of benzene rings is 2. The molecule has 0 aliphatic heterocycles. The average Bonchev–Trinajstić information content (AvgIpc) is 2.64. The summed E-state index contributed by atoms with van der Waals surface area (Å²) in [5.74, 6) is 1.31. The second-order valence-corrected chi connectivity index (χ2v) is 5.89. The Labute approximate surface area is 154 Å². The number of aryl methyl sites for hydroxylation is 1. The van der Waals surface area contributed by atoms with E-state index in [1.807, 2.05) is 56.3 Å². The highest BCUT2D eigenvalue weighted by atomic mass is 16.5. The van der Waals surface area contributed by atoms with Gasteiger partial charge < -0.3 is 14.8 Å². The Bertz CT molecular complexity index is 775. The first-order chi connectivity index (χ1) is 12.5. The van der Waals surface area contributed by atoms with Gasteiger partial charge >= 0.3 is 6.03 Å². The van der Waals surface area contributed by atoms with Crippen LogP contribution in [0.2, 0.25) is 0 Å². The van der Waals surface area contributed by atoms with Crippen LogP contribution in [0.15, 0.2) is 47.6 Å². The van der Waals surface area contributed by atoms with E-state index in [1.54, 1.807) is 13.3 Å². The van der Waals surface area contributed by atoms with E-state index in [-0.39, 0.29) is 6.10 Å². The predicted octanol–water partition coefficient (Wildman–Crippen LogP) is 4.34. The van der Waals surface area contributed by atoms with E-state index in [0.29, 0.717) is 11.5 Å². The van der Waals surface area contributed by atoms with Gasteiger partial charge in [0.05, 0.1) is 19.4 Å². The maximum atomic E-state index is 11.9. The fourth-order valence-corrected chi connectivity index (χ4v) is 2.19. The van der Waals surface area contributed by atoms with Gasteiger partial charge in [-0.2, -0.15) is 5.10 Å². The molecular weight excluding hydrogens is 330 g/mol. The maximum Gasteiger partial charge on any atom is 0.339 e. The molecule has 6 heteroatoms. The second-order valence-electron chi connectivity index (χ2n) is 5.89. The number of nitrogens with one attached hydrogen (secondary N) is 2. The van der Waals surface area contributed by atoms with Gasteiger partial charge in [0.1, 0.15) is 0 Å². The van der Waals surface area contributed by atoms with E-state index in [0.717, 1.165) is 23.2 Å². The highest BCUT2D eigenvalue weighted by molar-refractivity contribution is 5.91. The third kappa shape index (κ3) is 5.51. The molecule has 0 fully saturated rings. The monoisotopic (exact) mass is 355 g/mol. The van der Waals surface area contributed by atoms with Crippen LogP contribution in [0.3, 0.4) is 0 Å². The summed E-state index contributed by atoms with van der Waals surface area (Å²) in [6, 6.07) is 12.6. The molecule has 26 heavy (non-hydrogen) atoms. The lowest BCUT2D eigenvalue weighted by Crippen LogP contribution is -2.24. The van der Waals surface area contributed by atoms with Gasteiger partial charge in [0.25, 0.3) is 0 Å². The molecule has 0 aliphatic carbocycles. The van der Waals surface area contributed by atoms with Crippen LogP contribution in [0.1, 0.15) is 31.4 Å². The number of urea groups is 1. The fourth-order valence-electron chi connectivity index (χ4n) is 2.19. The van der Waals surface area contributed by atoms with Crippen LogP contribution in [-0.4, -0.2) is 25.5 Å². The number of hydrogen-bond acceptors (Lipinski definition) is 4. The zero-order chi connectivity index (χ0) is 18.9. The summed E-state index contributed by atoms with van der Waals surface area (Å²) in [6.07, 6.45) is 2.56. The molecule has 0 bridgehead atoms. The number of para-hydroxylation sites is 1. The Balaban J connectivity index is 1.97. The maximum absolute atomic E-state index is 11.9. The normalized spacial score (nSPS) is 11.8. The third-order valence-corrected chi connectivity index (χ3v) is 3.86. The minimum Gasteiger partial charge on any atom is -0.493 e. The molecule has 2 amide bonds. The Morgan fingerprint density at radius 1 is 1.23 bits per heavy atom. The molecule has 0 spiro atoms. The van der Waals surface area contributed by atoms with Crippen LogP contribution >= 0.6 is 0 Å². The van der Waals surface area contributed by atoms with E-state index in [2.05, 4.69) is 22.8 Å². The number of hydrogen-bond donors (Lipinski definition) is 2. The molecule has 0 heterocycles. The SMILES string of the molecule is CCC(C)Oc1ccc(C=NNC(=O)Nc2ccccc2C)cc1OC. The van der Waals surface area contributed by atoms with Crippen LogP contribution in [0.5, 0.6) is 11.5 Å². The van der Waals surface area contributed by atoms with Gasteiger partial charge in [-0.25, -0.2) is 10.2 Å². The van der Waals surface area contributed by atoms with Gasteiger partial charge in [-0.1, -0.05) is 25.1 Å². The molecule has 0 aromatic heterocycles. The number of carbonyl (C=O) groups excluding carboxylic acids is 1. The Kier molecular flexibility index (Phi) is 7.02. The van der Waals surface area contributed by atoms with Gasteiger partial charge in [0.15, 0.2) is 11.5 Å². The van der Waals surface area contributed by atoms with E-state index >= 15 is 0 Å². The van der Waals surface area contributed by atoms with E-state index in [9.17, 15) is 4.79 Å². The molecular formula is C20H25N3O3. The fraction of sp³-hybridized carbons (Fsp3) is 0.300. The lowest BCUT2D eigenvalue weighted by atomic mass is 10.2. The molecule has 2 N–H and O–H groups in total. The van der Waals surface area contributed by atoms with Crippen LogP contribution in [0, 0.1) is 6.92 Å². The zero-order valence-corrected chi connectivity index (χ0v) is 15.6. The largest absolute Gasteiger partial charge is 0.493 e. The number of nitrogens with zero attached hydrogens (tertiary/aromatic N) is 1. The highest BCUT2D eigenvalue weighted by Gasteiger charge is 2.08. The van der Waals surface area contributed by atoms with Gasteiger partial charge in [0, 0.05) is 5.69 Å². The first-order valence-corrected chi connectivity index (χ1v) is 8.53. The molecule has 2 rings (SSSR count). The van der Waals surface area contributed by atoms with Crippen LogP contribution < -0.4 is 20.2 Å². The van der Waals surface area contributed by atoms with Gasteiger partial charge in [-0.05, 0) is 55.7 Å². The molecule has 0 aliphatic rings. The molecule has 0 radical (unpaired) electrons. The minimum absolute atomic E-state index is 0.107. The first kappa shape index (κ1) is 19.3. The number of anilines is 1. The summed E-state index contributed by atoms with van der Waals surface area (Å²) in [6.45, 7) is 5.99. The average molecular weight is 355 g/mol. The van der Waals surface area contributed by atoms with Crippen molar-refractivity contribution in [1.82, 2.24) is 5.43 Å². The summed E-state index contributed by atoms with van der Waals surface area (Å²) < 4.78 is 11.2. The summed E-state index contributed by atoms with van der Waals surface area (Å²) in [4.78, 5) is 11.9. The number of rotatable bonds is 7. The van der Waals surface area contributed by atoms with Crippen LogP contribution in [0.4, 0.5) is 10.5 Å². The Morgan fingerprint density at radius 3 is 2.69 bits per heavy atom. The van der Waals surface area contributed by atoms with Crippen molar-refractivity contribution in [1.29, 1.82) is 0 Å². The van der Waals surface area contributed by atoms with Crippen molar-refractivity contribution in [3.63, 3.8) is 0 Å². The topological polar surface area (TPSA) is 72.0 Å². The van der Waals surface area contributed by atoms with Crippen molar-refractivity contribution in [3.8, 4) is 11.5 Å². The number of methoxy groups -OCH3 is 1. The summed E-state index contributed by atoms with van der Waals surface area (Å²) in [7, 11) is 1.59. The minimum atomic E-state index is -0.403. The number of amides is 2. The summed E-state index contributed by atoms with van der Waals surface area (Å²) in [5, 5.41) is 6.71. The highest BCUT2D eigenvalue weighted by Crippen LogP contribution is 2.28. The number of hydrazone groups is 1. The van der Waals surface area contributed by atoms with Crippen molar-refractivity contribution in [3.05, 3.63) is 53.6 Å². The van der Waals surface area contributed by atoms with Crippen LogP contribution in [0.25, 0.3) is 0 Å². The first-order valence-electron chi connectivity index (χ1n) is 8.53. The van der Waals surface area contributed by atoms with E-state index in [1.165, 1.54) is 0 Å². The lowest BCUT2D eigenvalue weighted by molar-refractivity contribution is 0.207. The summed E-state index contributed by atoms with van der Waals surface area (Å²) >= 11 is 0. The van der Waals surface area contributed by atoms with Crippen molar-refractivity contribution >= 4 is 17.9 Å². The van der Waals surface area contributed by atoms with Crippen LogP contribution in [-0.2, 0) is 0 Å². The third-order valence-electron chi connectivity index (χ3n) is 3.86. The quantitative estimate of drug-likeness (QED) is 0.573. The second kappa shape index (κ2) is 9.46. The zero-order valence-electron chi connectivity index (χ0n) is 15.6. The van der Waals surface area contributed by atoms with Crippen molar-refractivity contribution < 1.29 is 14.3 Å². The molecule has 0 saturated heterocycles. The lowest BCUT2D eigenvalue weighted by Gasteiger charge is -2.15. The van der Waals surface area contributed by atoms with E-state index < -0.39 is 6.03 Å². The van der Waals surface area contributed by atoms with Crippen molar-refractivity contribution in [2.24, 2.45) is 5.10 Å². The summed E-state index contributed by atoms with van der Waals surface area (Å²) in [5.41, 5.74) is 4.96. The Morgan fingerprint density at radius 2 is 2.00 bits per heavy atom. The Hall–Kier alpha value is -3.02. The van der Waals surface area contributed by atoms with Gasteiger partial charge in [0.2, 0.25) is 0 Å². The van der Waals surface area contributed by atoms with Crippen molar-refractivity contribution in [2.45, 2.75) is 33.3 Å².